The van der Waals surface area contributed by atoms with E-state index in [2.05, 4.69) is 27.8 Å². The Morgan fingerprint density at radius 2 is 2.30 bits per heavy atom. The Morgan fingerprint density at radius 3 is 3.04 bits per heavy atom. The minimum atomic E-state index is 0.265. The highest BCUT2D eigenvalue weighted by molar-refractivity contribution is 5.81. The average molecular weight is 315 g/mol. The number of ether oxygens (including phenoxy) is 1. The van der Waals surface area contributed by atoms with E-state index >= 15 is 0 Å². The summed E-state index contributed by atoms with van der Waals surface area (Å²) >= 11 is 0. The predicted molar refractivity (Wildman–Crippen MR) is 86.6 cm³/mol. The second-order valence-corrected chi connectivity index (χ2v) is 7.20. The van der Waals surface area contributed by atoms with Crippen LogP contribution in [0.1, 0.15) is 25.3 Å². The van der Waals surface area contributed by atoms with Gasteiger partial charge in [-0.05, 0) is 30.4 Å². The molecule has 1 aromatic heterocycles. The number of rotatable bonds is 3. The van der Waals surface area contributed by atoms with Gasteiger partial charge in [-0.2, -0.15) is 0 Å². The summed E-state index contributed by atoms with van der Waals surface area (Å²) in [6.07, 6.45) is 6.03. The molecule has 0 unspecified atom stereocenters. The highest BCUT2D eigenvalue weighted by Crippen LogP contribution is 2.40. The standard InChI is InChI=1S/C18H25N3O2/c1-13-9-15(13)18(22)21-6-4-17-16(12-21)20(7-8-23-17)11-14-3-2-5-19-10-14/h2-3,5,10,13,15-17H,4,6-9,11-12H2,1H3/t13-,15-,16+,17+/m1/s1. The van der Waals surface area contributed by atoms with Crippen molar-refractivity contribution in [1.29, 1.82) is 0 Å². The average Bonchev–Trinajstić information content (AvgIpc) is 3.32. The zero-order valence-corrected chi connectivity index (χ0v) is 13.7. The highest BCUT2D eigenvalue weighted by Gasteiger charge is 2.45. The van der Waals surface area contributed by atoms with E-state index in [1.54, 1.807) is 0 Å². The summed E-state index contributed by atoms with van der Waals surface area (Å²) in [4.78, 5) is 21.3. The fourth-order valence-electron chi connectivity index (χ4n) is 3.97. The smallest absolute Gasteiger partial charge is 0.226 e. The SMILES string of the molecule is C[C@@H]1C[C@H]1C(=O)N1CC[C@@H]2OCCN(Cc3cccnc3)[C@H]2C1. The topological polar surface area (TPSA) is 45.7 Å². The molecule has 4 atom stereocenters. The van der Waals surface area contributed by atoms with Crippen molar-refractivity contribution in [3.8, 4) is 0 Å². The van der Waals surface area contributed by atoms with Crippen molar-refractivity contribution in [2.24, 2.45) is 11.8 Å². The van der Waals surface area contributed by atoms with Crippen molar-refractivity contribution in [2.45, 2.75) is 38.5 Å². The van der Waals surface area contributed by atoms with Crippen molar-refractivity contribution in [3.05, 3.63) is 30.1 Å². The number of aromatic nitrogens is 1. The maximum atomic E-state index is 12.6. The predicted octanol–water partition coefficient (Wildman–Crippen LogP) is 1.54. The fraction of sp³-hybridized carbons (Fsp3) is 0.667. The molecule has 3 heterocycles. The van der Waals surface area contributed by atoms with Gasteiger partial charge in [-0.1, -0.05) is 13.0 Å². The van der Waals surface area contributed by atoms with Crippen LogP contribution in [0, 0.1) is 11.8 Å². The number of pyridine rings is 1. The summed E-state index contributed by atoms with van der Waals surface area (Å²) in [5.74, 6) is 1.22. The molecule has 1 aliphatic carbocycles. The third kappa shape index (κ3) is 3.12. The molecule has 0 aromatic carbocycles. The number of hydrogen-bond donors (Lipinski definition) is 0. The number of nitrogens with zero attached hydrogens (tertiary/aromatic N) is 3. The van der Waals surface area contributed by atoms with Gasteiger partial charge < -0.3 is 9.64 Å². The fourth-order valence-corrected chi connectivity index (χ4v) is 3.97. The van der Waals surface area contributed by atoms with E-state index in [1.165, 1.54) is 5.56 Å². The van der Waals surface area contributed by atoms with Gasteiger partial charge in [0.25, 0.3) is 0 Å². The van der Waals surface area contributed by atoms with Gasteiger partial charge in [-0.15, -0.1) is 0 Å². The Labute approximate surface area is 137 Å². The van der Waals surface area contributed by atoms with Gasteiger partial charge in [0.1, 0.15) is 0 Å². The Morgan fingerprint density at radius 1 is 1.43 bits per heavy atom. The van der Waals surface area contributed by atoms with E-state index in [0.717, 1.165) is 45.6 Å². The summed E-state index contributed by atoms with van der Waals surface area (Å²) in [5, 5.41) is 0. The molecule has 124 valence electrons. The third-order valence-electron chi connectivity index (χ3n) is 5.55. The number of piperidine rings is 1. The lowest BCUT2D eigenvalue weighted by Crippen LogP contribution is -2.60. The normalized spacial score (nSPS) is 34.0. The number of carbonyl (C=O) groups is 1. The molecule has 5 nitrogen and oxygen atoms in total. The van der Waals surface area contributed by atoms with E-state index in [0.29, 0.717) is 17.9 Å². The Hall–Kier alpha value is -1.46. The Balaban J connectivity index is 1.44. The largest absolute Gasteiger partial charge is 0.375 e. The van der Waals surface area contributed by atoms with Gasteiger partial charge in [0.05, 0.1) is 18.8 Å². The van der Waals surface area contributed by atoms with Crippen molar-refractivity contribution < 1.29 is 9.53 Å². The second kappa shape index (κ2) is 6.21. The molecule has 1 aromatic rings. The van der Waals surface area contributed by atoms with Gasteiger partial charge in [-0.3, -0.25) is 14.7 Å². The van der Waals surface area contributed by atoms with Crippen LogP contribution < -0.4 is 0 Å². The minimum Gasteiger partial charge on any atom is -0.375 e. The Bertz CT molecular complexity index is 565. The lowest BCUT2D eigenvalue weighted by Gasteiger charge is -2.47. The van der Waals surface area contributed by atoms with Gasteiger partial charge in [0, 0.05) is 44.5 Å². The van der Waals surface area contributed by atoms with Crippen molar-refractivity contribution in [1.82, 2.24) is 14.8 Å². The first kappa shape index (κ1) is 15.1. The van der Waals surface area contributed by atoms with Gasteiger partial charge in [0.15, 0.2) is 0 Å². The second-order valence-electron chi connectivity index (χ2n) is 7.20. The van der Waals surface area contributed by atoms with E-state index in [1.807, 2.05) is 18.5 Å². The van der Waals surface area contributed by atoms with Crippen LogP contribution in [-0.2, 0) is 16.1 Å². The highest BCUT2D eigenvalue weighted by atomic mass is 16.5. The lowest BCUT2D eigenvalue weighted by molar-refractivity contribution is -0.145. The van der Waals surface area contributed by atoms with Crippen LogP contribution in [0.25, 0.3) is 0 Å². The van der Waals surface area contributed by atoms with E-state index in [9.17, 15) is 4.79 Å². The summed E-state index contributed by atoms with van der Waals surface area (Å²) in [6.45, 7) is 6.44. The maximum absolute atomic E-state index is 12.6. The number of likely N-dealkylation sites (tertiary alicyclic amines) is 1. The van der Waals surface area contributed by atoms with E-state index in [-0.39, 0.29) is 12.0 Å². The Kier molecular flexibility index (Phi) is 4.07. The molecule has 23 heavy (non-hydrogen) atoms. The first-order valence-electron chi connectivity index (χ1n) is 8.75. The molecule has 1 amide bonds. The number of morpholine rings is 1. The number of fused-ring (bicyclic) bond motifs is 1. The van der Waals surface area contributed by atoms with E-state index in [4.69, 9.17) is 4.74 Å². The summed E-state index contributed by atoms with van der Waals surface area (Å²) in [5.41, 5.74) is 1.23. The van der Waals surface area contributed by atoms with Crippen LogP contribution in [0.3, 0.4) is 0 Å². The monoisotopic (exact) mass is 315 g/mol. The molecule has 5 heteroatoms. The molecule has 3 fully saturated rings. The van der Waals surface area contributed by atoms with Crippen LogP contribution in [-0.4, -0.2) is 59.1 Å². The molecule has 0 spiro atoms. The lowest BCUT2D eigenvalue weighted by atomic mass is 9.97. The molecule has 1 saturated carbocycles. The van der Waals surface area contributed by atoms with Crippen molar-refractivity contribution in [2.75, 3.05) is 26.2 Å². The molecule has 0 N–H and O–H groups in total. The third-order valence-corrected chi connectivity index (χ3v) is 5.55. The molecular formula is C18H25N3O2. The van der Waals surface area contributed by atoms with Gasteiger partial charge in [0.2, 0.25) is 5.91 Å². The van der Waals surface area contributed by atoms with Crippen molar-refractivity contribution >= 4 is 5.91 Å². The minimum absolute atomic E-state index is 0.265. The molecule has 2 aliphatic heterocycles. The van der Waals surface area contributed by atoms with Crippen LogP contribution >= 0.6 is 0 Å². The zero-order valence-electron chi connectivity index (χ0n) is 13.7. The molecular weight excluding hydrogens is 290 g/mol. The summed E-state index contributed by atoms with van der Waals surface area (Å²) in [6, 6.07) is 4.42. The summed E-state index contributed by atoms with van der Waals surface area (Å²) < 4.78 is 5.98. The molecule has 0 bridgehead atoms. The first-order chi connectivity index (χ1) is 11.2. The molecule has 2 saturated heterocycles. The number of hydrogen-bond acceptors (Lipinski definition) is 4. The number of amides is 1. The number of carbonyl (C=O) groups excluding carboxylic acids is 1. The van der Waals surface area contributed by atoms with Crippen molar-refractivity contribution in [3.63, 3.8) is 0 Å². The van der Waals surface area contributed by atoms with Crippen LogP contribution in [0.2, 0.25) is 0 Å². The van der Waals surface area contributed by atoms with Crippen LogP contribution in [0.5, 0.6) is 0 Å². The quantitative estimate of drug-likeness (QED) is 0.849. The summed E-state index contributed by atoms with van der Waals surface area (Å²) in [7, 11) is 0. The first-order valence-corrected chi connectivity index (χ1v) is 8.75. The molecule has 3 aliphatic rings. The van der Waals surface area contributed by atoms with Crippen LogP contribution in [0.15, 0.2) is 24.5 Å². The van der Waals surface area contributed by atoms with E-state index < -0.39 is 0 Å². The maximum Gasteiger partial charge on any atom is 0.226 e. The van der Waals surface area contributed by atoms with Gasteiger partial charge in [-0.25, -0.2) is 0 Å². The molecule has 0 radical (unpaired) electrons. The van der Waals surface area contributed by atoms with Gasteiger partial charge >= 0.3 is 0 Å². The zero-order chi connectivity index (χ0) is 15.8. The van der Waals surface area contributed by atoms with Crippen LogP contribution in [0.4, 0.5) is 0 Å². The molecule has 4 rings (SSSR count).